The van der Waals surface area contributed by atoms with Crippen molar-refractivity contribution in [2.75, 3.05) is 5.75 Å². The number of hydrogen-bond donors (Lipinski definition) is 1. The van der Waals surface area contributed by atoms with Crippen LogP contribution in [0.1, 0.15) is 25.5 Å². The topological polar surface area (TPSA) is 35.2 Å². The van der Waals surface area contributed by atoms with Crippen LogP contribution < -0.4 is 10.5 Å². The highest BCUT2D eigenvalue weighted by Gasteiger charge is 2.13. The second kappa shape index (κ2) is 7.87. The highest BCUT2D eigenvalue weighted by Crippen LogP contribution is 2.32. The van der Waals surface area contributed by atoms with Gasteiger partial charge >= 0.3 is 0 Å². The van der Waals surface area contributed by atoms with E-state index >= 15 is 0 Å². The Morgan fingerprint density at radius 2 is 1.76 bits per heavy atom. The lowest BCUT2D eigenvalue weighted by Gasteiger charge is -2.18. The number of thioether (sulfide) groups is 1. The van der Waals surface area contributed by atoms with Gasteiger partial charge in [0.2, 0.25) is 0 Å². The number of hydrogen-bond acceptors (Lipinski definition) is 3. The fraction of sp³-hybridized carbons (Fsp3) is 0.294. The molecule has 0 heterocycles. The number of para-hydroxylation sites is 1. The second-order valence-electron chi connectivity index (χ2n) is 5.05. The molecule has 1 unspecified atom stereocenters. The molecular formula is C17H20BrNOS. The molecule has 0 bridgehead atoms. The Kier molecular flexibility index (Phi) is 6.15. The van der Waals surface area contributed by atoms with Crippen LogP contribution in [-0.2, 0) is 0 Å². The van der Waals surface area contributed by atoms with Gasteiger partial charge in [0, 0.05) is 26.7 Å². The summed E-state index contributed by atoms with van der Waals surface area (Å²) in [6, 6.07) is 16.1. The van der Waals surface area contributed by atoms with Gasteiger partial charge in [0.25, 0.3) is 0 Å². The van der Waals surface area contributed by atoms with Crippen molar-refractivity contribution in [1.82, 2.24) is 0 Å². The lowest BCUT2D eigenvalue weighted by molar-refractivity contribution is 0.239. The standard InChI is InChI=1S/C17H20BrNOS/c1-12(2)20-16-9-5-3-7-13(16)15(19)11-21-17-10-6-4-8-14(17)18/h3-10,12,15H,11,19H2,1-2H3. The molecule has 2 aromatic carbocycles. The van der Waals surface area contributed by atoms with Gasteiger partial charge in [-0.2, -0.15) is 0 Å². The predicted octanol–water partition coefficient (Wildman–Crippen LogP) is 5.03. The van der Waals surface area contributed by atoms with Gasteiger partial charge in [-0.3, -0.25) is 0 Å². The van der Waals surface area contributed by atoms with Gasteiger partial charge in [0.15, 0.2) is 0 Å². The first-order valence-electron chi connectivity index (χ1n) is 6.96. The SMILES string of the molecule is CC(C)Oc1ccccc1C(N)CSc1ccccc1Br. The largest absolute Gasteiger partial charge is 0.491 e. The third kappa shape index (κ3) is 4.77. The van der Waals surface area contributed by atoms with E-state index in [2.05, 4.69) is 22.0 Å². The van der Waals surface area contributed by atoms with E-state index in [0.717, 1.165) is 21.5 Å². The van der Waals surface area contributed by atoms with Crippen molar-refractivity contribution in [3.8, 4) is 5.75 Å². The van der Waals surface area contributed by atoms with Crippen LogP contribution in [0.2, 0.25) is 0 Å². The molecule has 0 aliphatic rings. The van der Waals surface area contributed by atoms with E-state index in [4.69, 9.17) is 10.5 Å². The van der Waals surface area contributed by atoms with Gasteiger partial charge in [0.1, 0.15) is 5.75 Å². The maximum Gasteiger partial charge on any atom is 0.124 e. The molecule has 2 nitrogen and oxygen atoms in total. The van der Waals surface area contributed by atoms with Crippen LogP contribution in [0.5, 0.6) is 5.75 Å². The molecule has 112 valence electrons. The molecular weight excluding hydrogens is 346 g/mol. The Hall–Kier alpha value is -0.970. The molecule has 0 fully saturated rings. The Balaban J connectivity index is 2.07. The number of nitrogens with two attached hydrogens (primary N) is 1. The molecule has 0 aliphatic heterocycles. The zero-order valence-corrected chi connectivity index (χ0v) is 14.7. The van der Waals surface area contributed by atoms with Crippen molar-refractivity contribution in [1.29, 1.82) is 0 Å². The summed E-state index contributed by atoms with van der Waals surface area (Å²) < 4.78 is 6.95. The first-order valence-corrected chi connectivity index (χ1v) is 8.74. The van der Waals surface area contributed by atoms with Crippen LogP contribution in [-0.4, -0.2) is 11.9 Å². The minimum atomic E-state index is -0.0583. The van der Waals surface area contributed by atoms with Gasteiger partial charge < -0.3 is 10.5 Å². The van der Waals surface area contributed by atoms with E-state index in [-0.39, 0.29) is 12.1 Å². The van der Waals surface area contributed by atoms with Crippen LogP contribution in [0, 0.1) is 0 Å². The summed E-state index contributed by atoms with van der Waals surface area (Å²) in [6.45, 7) is 4.05. The molecule has 0 amide bonds. The van der Waals surface area contributed by atoms with E-state index in [1.54, 1.807) is 11.8 Å². The van der Waals surface area contributed by atoms with E-state index < -0.39 is 0 Å². The average Bonchev–Trinajstić information content (AvgIpc) is 2.46. The monoisotopic (exact) mass is 365 g/mol. The first-order chi connectivity index (χ1) is 10.1. The van der Waals surface area contributed by atoms with E-state index in [9.17, 15) is 0 Å². The van der Waals surface area contributed by atoms with Crippen LogP contribution in [0.15, 0.2) is 57.9 Å². The molecule has 2 rings (SSSR count). The average molecular weight is 366 g/mol. The Bertz CT molecular complexity index is 589. The van der Waals surface area contributed by atoms with Crippen molar-refractivity contribution in [2.24, 2.45) is 5.73 Å². The Labute approximate surface area is 139 Å². The molecule has 2 N–H and O–H groups in total. The van der Waals surface area contributed by atoms with Gasteiger partial charge in [-0.15, -0.1) is 11.8 Å². The smallest absolute Gasteiger partial charge is 0.124 e. The van der Waals surface area contributed by atoms with Crippen molar-refractivity contribution >= 4 is 27.7 Å². The molecule has 4 heteroatoms. The van der Waals surface area contributed by atoms with E-state index in [0.29, 0.717) is 0 Å². The fourth-order valence-corrected chi connectivity index (χ4v) is 3.53. The summed E-state index contributed by atoms with van der Waals surface area (Å²) in [5.41, 5.74) is 7.41. The van der Waals surface area contributed by atoms with E-state index in [1.807, 2.05) is 56.3 Å². The van der Waals surface area contributed by atoms with Crippen molar-refractivity contribution in [3.63, 3.8) is 0 Å². The predicted molar refractivity (Wildman–Crippen MR) is 94.0 cm³/mol. The number of ether oxygens (including phenoxy) is 1. The van der Waals surface area contributed by atoms with Crippen LogP contribution in [0.25, 0.3) is 0 Å². The molecule has 0 saturated heterocycles. The van der Waals surface area contributed by atoms with Crippen LogP contribution in [0.4, 0.5) is 0 Å². The number of rotatable bonds is 6. The Morgan fingerprint density at radius 3 is 2.48 bits per heavy atom. The van der Waals surface area contributed by atoms with Crippen molar-refractivity contribution in [3.05, 3.63) is 58.6 Å². The molecule has 1 atom stereocenters. The van der Waals surface area contributed by atoms with Crippen molar-refractivity contribution in [2.45, 2.75) is 30.9 Å². The molecule has 0 aliphatic carbocycles. The summed E-state index contributed by atoms with van der Waals surface area (Å²) in [6.07, 6.45) is 0.147. The summed E-state index contributed by atoms with van der Waals surface area (Å²) in [5, 5.41) is 0. The third-order valence-electron chi connectivity index (χ3n) is 2.94. The molecule has 21 heavy (non-hydrogen) atoms. The number of halogens is 1. The zero-order valence-electron chi connectivity index (χ0n) is 12.3. The van der Waals surface area contributed by atoms with Gasteiger partial charge in [-0.1, -0.05) is 30.3 Å². The maximum absolute atomic E-state index is 6.35. The Morgan fingerprint density at radius 1 is 1.10 bits per heavy atom. The normalized spacial score (nSPS) is 12.4. The van der Waals surface area contributed by atoms with E-state index in [1.165, 1.54) is 4.90 Å². The van der Waals surface area contributed by atoms with Gasteiger partial charge in [-0.25, -0.2) is 0 Å². The van der Waals surface area contributed by atoms with Crippen LogP contribution >= 0.6 is 27.7 Å². The van der Waals surface area contributed by atoms with Crippen molar-refractivity contribution < 1.29 is 4.74 Å². The summed E-state index contributed by atoms with van der Waals surface area (Å²) in [7, 11) is 0. The minimum absolute atomic E-state index is 0.0583. The quantitative estimate of drug-likeness (QED) is 0.729. The summed E-state index contributed by atoms with van der Waals surface area (Å²) >= 11 is 5.31. The highest BCUT2D eigenvalue weighted by atomic mass is 79.9. The molecule has 2 aromatic rings. The lowest BCUT2D eigenvalue weighted by Crippen LogP contribution is -2.16. The third-order valence-corrected chi connectivity index (χ3v) is 5.08. The molecule has 0 aromatic heterocycles. The van der Waals surface area contributed by atoms with Crippen LogP contribution in [0.3, 0.4) is 0 Å². The summed E-state index contributed by atoms with van der Waals surface area (Å²) in [4.78, 5) is 1.20. The fourth-order valence-electron chi connectivity index (χ4n) is 1.98. The van der Waals surface area contributed by atoms with Gasteiger partial charge in [0.05, 0.1) is 6.10 Å². The minimum Gasteiger partial charge on any atom is -0.491 e. The lowest BCUT2D eigenvalue weighted by atomic mass is 10.1. The number of benzene rings is 2. The first kappa shape index (κ1) is 16.4. The van der Waals surface area contributed by atoms with Gasteiger partial charge in [-0.05, 0) is 48.0 Å². The maximum atomic E-state index is 6.35. The molecule has 0 saturated carbocycles. The second-order valence-corrected chi connectivity index (χ2v) is 6.97. The summed E-state index contributed by atoms with van der Waals surface area (Å²) in [5.74, 6) is 1.69. The molecule has 0 radical (unpaired) electrons. The highest BCUT2D eigenvalue weighted by molar-refractivity contribution is 9.10. The zero-order chi connectivity index (χ0) is 15.2. The molecule has 0 spiro atoms.